The Hall–Kier alpha value is -2.24. The highest BCUT2D eigenvalue weighted by atomic mass is 19.1. The van der Waals surface area contributed by atoms with E-state index in [-0.39, 0.29) is 18.3 Å². The van der Waals surface area contributed by atoms with Crippen LogP contribution >= 0.6 is 0 Å². The highest BCUT2D eigenvalue weighted by molar-refractivity contribution is 6.01. The van der Waals surface area contributed by atoms with Crippen LogP contribution < -0.4 is 10.2 Å². The van der Waals surface area contributed by atoms with Gasteiger partial charge >= 0.3 is 0 Å². The molecule has 1 amide bonds. The van der Waals surface area contributed by atoms with Gasteiger partial charge in [-0.2, -0.15) is 0 Å². The van der Waals surface area contributed by atoms with E-state index in [1.165, 1.54) is 12.1 Å². The van der Waals surface area contributed by atoms with E-state index in [0.29, 0.717) is 25.9 Å². The molecular formula is C19H21FN2O2. The first kappa shape index (κ1) is 16.6. The second kappa shape index (κ2) is 7.11. The van der Waals surface area contributed by atoms with Gasteiger partial charge in [-0.05, 0) is 42.8 Å². The Morgan fingerprint density at radius 2 is 1.83 bits per heavy atom. The van der Waals surface area contributed by atoms with E-state index in [0.717, 1.165) is 11.3 Å². The first-order valence-corrected chi connectivity index (χ1v) is 8.13. The van der Waals surface area contributed by atoms with Crippen LogP contribution in [0.25, 0.3) is 0 Å². The molecule has 0 saturated carbocycles. The summed E-state index contributed by atoms with van der Waals surface area (Å²) >= 11 is 0. The van der Waals surface area contributed by atoms with Crippen LogP contribution in [-0.4, -0.2) is 36.2 Å². The van der Waals surface area contributed by atoms with E-state index >= 15 is 0 Å². The number of hydrogen-bond donors (Lipinski definition) is 2. The lowest BCUT2D eigenvalue weighted by molar-refractivity contribution is -0.132. The quantitative estimate of drug-likeness (QED) is 0.799. The summed E-state index contributed by atoms with van der Waals surface area (Å²) in [6, 6.07) is 15.7. The summed E-state index contributed by atoms with van der Waals surface area (Å²) in [6.07, 6.45) is 1.12. The van der Waals surface area contributed by atoms with Gasteiger partial charge in [0.1, 0.15) is 5.82 Å². The molecule has 1 aliphatic rings. The predicted octanol–water partition coefficient (Wildman–Crippen LogP) is 2.13. The van der Waals surface area contributed by atoms with Gasteiger partial charge in [-0.25, -0.2) is 4.39 Å². The zero-order valence-corrected chi connectivity index (χ0v) is 13.4. The molecule has 0 aliphatic carbocycles. The molecule has 1 fully saturated rings. The molecular weight excluding hydrogens is 307 g/mol. The summed E-state index contributed by atoms with van der Waals surface area (Å²) in [7, 11) is 0. The number of halogens is 1. The number of amides is 1. The average molecular weight is 328 g/mol. The largest absolute Gasteiger partial charge is 0.379 e. The molecule has 1 unspecified atom stereocenters. The van der Waals surface area contributed by atoms with Gasteiger partial charge < -0.3 is 15.3 Å². The number of aliphatic hydroxyl groups is 1. The van der Waals surface area contributed by atoms with Gasteiger partial charge in [0.15, 0.2) is 5.60 Å². The van der Waals surface area contributed by atoms with E-state index in [2.05, 4.69) is 5.32 Å². The molecule has 5 heteroatoms. The Balaban J connectivity index is 1.51. The van der Waals surface area contributed by atoms with Gasteiger partial charge in [0.2, 0.25) is 0 Å². The van der Waals surface area contributed by atoms with Gasteiger partial charge in [-0.15, -0.1) is 0 Å². The summed E-state index contributed by atoms with van der Waals surface area (Å²) in [6.45, 7) is 1.35. The molecule has 0 spiro atoms. The van der Waals surface area contributed by atoms with E-state index in [4.69, 9.17) is 0 Å². The summed E-state index contributed by atoms with van der Waals surface area (Å²) < 4.78 is 12.9. The van der Waals surface area contributed by atoms with E-state index in [1.807, 2.05) is 30.3 Å². The fourth-order valence-corrected chi connectivity index (χ4v) is 2.95. The van der Waals surface area contributed by atoms with Crippen molar-refractivity contribution in [3.63, 3.8) is 0 Å². The summed E-state index contributed by atoms with van der Waals surface area (Å²) in [5.74, 6) is -0.512. The second-order valence-electron chi connectivity index (χ2n) is 6.13. The Bertz CT molecular complexity index is 690. The topological polar surface area (TPSA) is 52.6 Å². The number of carbonyl (C=O) groups is 1. The van der Waals surface area contributed by atoms with Gasteiger partial charge in [-0.3, -0.25) is 4.79 Å². The number of anilines is 1. The van der Waals surface area contributed by atoms with Crippen LogP contribution in [0.3, 0.4) is 0 Å². The van der Waals surface area contributed by atoms with Crippen molar-refractivity contribution < 1.29 is 14.3 Å². The molecule has 4 nitrogen and oxygen atoms in total. The van der Waals surface area contributed by atoms with Gasteiger partial charge in [0.05, 0.1) is 0 Å². The summed E-state index contributed by atoms with van der Waals surface area (Å²) in [4.78, 5) is 14.2. The van der Waals surface area contributed by atoms with Crippen LogP contribution in [0.15, 0.2) is 54.6 Å². The molecule has 2 aromatic rings. The normalized spacial score (nSPS) is 20.6. The Morgan fingerprint density at radius 3 is 2.54 bits per heavy atom. The summed E-state index contributed by atoms with van der Waals surface area (Å²) in [5, 5.41) is 13.8. The van der Waals surface area contributed by atoms with Gasteiger partial charge in [0.25, 0.3) is 5.91 Å². The Labute approximate surface area is 140 Å². The minimum Gasteiger partial charge on any atom is -0.379 e. The molecule has 1 aliphatic heterocycles. The monoisotopic (exact) mass is 328 g/mol. The number of para-hydroxylation sites is 1. The number of nitrogens with zero attached hydrogens (tertiary/aromatic N) is 1. The first-order valence-electron chi connectivity index (χ1n) is 8.13. The van der Waals surface area contributed by atoms with Crippen LogP contribution in [0.1, 0.15) is 12.0 Å². The van der Waals surface area contributed by atoms with Crippen molar-refractivity contribution in [2.75, 3.05) is 24.5 Å². The van der Waals surface area contributed by atoms with Crippen LogP contribution in [-0.2, 0) is 11.2 Å². The van der Waals surface area contributed by atoms with Crippen molar-refractivity contribution in [2.45, 2.75) is 18.4 Å². The molecule has 1 saturated heterocycles. The third-order valence-electron chi connectivity index (χ3n) is 4.38. The van der Waals surface area contributed by atoms with Crippen LogP contribution in [0.5, 0.6) is 0 Å². The smallest absolute Gasteiger partial charge is 0.260 e. The van der Waals surface area contributed by atoms with Crippen LogP contribution in [0.4, 0.5) is 10.1 Å². The van der Waals surface area contributed by atoms with Gasteiger partial charge in [0, 0.05) is 25.2 Å². The van der Waals surface area contributed by atoms with Gasteiger partial charge in [-0.1, -0.05) is 30.3 Å². The Kier molecular flexibility index (Phi) is 4.92. The van der Waals surface area contributed by atoms with Crippen molar-refractivity contribution in [3.05, 3.63) is 66.0 Å². The molecule has 0 radical (unpaired) electrons. The first-order chi connectivity index (χ1) is 11.6. The second-order valence-corrected chi connectivity index (χ2v) is 6.13. The summed E-state index contributed by atoms with van der Waals surface area (Å²) in [5.41, 5.74) is 0.461. The lowest BCUT2D eigenvalue weighted by atomic mass is 10.0. The molecule has 1 atom stereocenters. The number of carbonyl (C=O) groups excluding carboxylic acids is 1. The fourth-order valence-electron chi connectivity index (χ4n) is 2.95. The van der Waals surface area contributed by atoms with Crippen LogP contribution in [0.2, 0.25) is 0 Å². The number of nitrogens with one attached hydrogen (secondary N) is 1. The lowest BCUT2D eigenvalue weighted by Gasteiger charge is -2.23. The van der Waals surface area contributed by atoms with Crippen molar-refractivity contribution in [1.82, 2.24) is 5.32 Å². The third-order valence-corrected chi connectivity index (χ3v) is 4.38. The fraction of sp³-hybridized carbons (Fsp3) is 0.316. The molecule has 126 valence electrons. The maximum atomic E-state index is 12.9. The molecule has 24 heavy (non-hydrogen) atoms. The number of benzene rings is 2. The zero-order valence-electron chi connectivity index (χ0n) is 13.4. The number of rotatable bonds is 6. The highest BCUT2D eigenvalue weighted by Gasteiger charge is 2.45. The molecule has 2 N–H and O–H groups in total. The molecule has 3 rings (SSSR count). The van der Waals surface area contributed by atoms with E-state index in [9.17, 15) is 14.3 Å². The lowest BCUT2D eigenvalue weighted by Crippen LogP contribution is -2.48. The van der Waals surface area contributed by atoms with Crippen LogP contribution in [0, 0.1) is 5.82 Å². The van der Waals surface area contributed by atoms with Crippen molar-refractivity contribution in [2.24, 2.45) is 0 Å². The Morgan fingerprint density at radius 1 is 1.12 bits per heavy atom. The molecule has 0 bridgehead atoms. The maximum absolute atomic E-state index is 12.9. The molecule has 1 heterocycles. The average Bonchev–Trinajstić information content (AvgIpc) is 2.90. The predicted molar refractivity (Wildman–Crippen MR) is 91.3 cm³/mol. The van der Waals surface area contributed by atoms with Crippen molar-refractivity contribution in [1.29, 1.82) is 0 Å². The van der Waals surface area contributed by atoms with E-state index in [1.54, 1.807) is 17.0 Å². The number of hydrogen-bond acceptors (Lipinski definition) is 3. The van der Waals surface area contributed by atoms with Crippen molar-refractivity contribution >= 4 is 11.6 Å². The zero-order chi connectivity index (χ0) is 17.0. The highest BCUT2D eigenvalue weighted by Crippen LogP contribution is 2.27. The maximum Gasteiger partial charge on any atom is 0.260 e. The third kappa shape index (κ3) is 3.63. The molecule has 2 aromatic carbocycles. The van der Waals surface area contributed by atoms with Crippen molar-refractivity contribution in [3.8, 4) is 0 Å². The minimum absolute atomic E-state index is 0.219. The minimum atomic E-state index is -1.36. The SMILES string of the molecule is O=C1N(c2ccccc2)CCC1(O)CNCCc1ccc(F)cc1. The standard InChI is InChI=1S/C19H21FN2O2/c20-16-8-6-15(7-9-16)10-12-21-14-19(24)11-13-22(18(19)23)17-4-2-1-3-5-17/h1-9,21,24H,10-14H2. The van der Waals surface area contributed by atoms with E-state index < -0.39 is 5.60 Å². The molecule has 0 aromatic heterocycles.